The molecule has 0 saturated heterocycles. The number of furan rings is 1. The van der Waals surface area contributed by atoms with Crippen LogP contribution in [0.4, 0.5) is 0 Å². The molecular weight excluding hydrogens is 242 g/mol. The van der Waals surface area contributed by atoms with Crippen molar-refractivity contribution in [2.45, 2.75) is 20.4 Å². The summed E-state index contributed by atoms with van der Waals surface area (Å²) in [6.07, 6.45) is 1.73. The summed E-state index contributed by atoms with van der Waals surface area (Å²) in [5.41, 5.74) is 1.92. The van der Waals surface area contributed by atoms with Gasteiger partial charge in [-0.15, -0.1) is 0 Å². The summed E-state index contributed by atoms with van der Waals surface area (Å²) in [5, 5.41) is 13.4. The predicted molar refractivity (Wildman–Crippen MR) is 73.9 cm³/mol. The highest BCUT2D eigenvalue weighted by Crippen LogP contribution is 2.20. The minimum atomic E-state index is -0.750. The Morgan fingerprint density at radius 2 is 2.11 bits per heavy atom. The average molecular weight is 261 g/mol. The Balaban J connectivity index is 1.97. The summed E-state index contributed by atoms with van der Waals surface area (Å²) < 4.78 is 5.45. The third kappa shape index (κ3) is 3.15. The minimum absolute atomic E-state index is 0.117. The van der Waals surface area contributed by atoms with Crippen LogP contribution >= 0.6 is 0 Å². The average Bonchev–Trinajstić information content (AvgIpc) is 2.77. The summed E-state index contributed by atoms with van der Waals surface area (Å²) in [7, 11) is 0. The molecule has 0 bridgehead atoms. The first-order chi connectivity index (χ1) is 9.09. The maximum Gasteiger partial charge on any atom is 0.308 e. The maximum absolute atomic E-state index is 11.1. The van der Waals surface area contributed by atoms with Crippen LogP contribution < -0.4 is 5.32 Å². The molecule has 1 atom stereocenters. The number of nitrogens with one attached hydrogen (secondary N) is 1. The van der Waals surface area contributed by atoms with E-state index in [0.717, 1.165) is 16.5 Å². The molecule has 0 saturated carbocycles. The first kappa shape index (κ1) is 13.6. The van der Waals surface area contributed by atoms with E-state index in [4.69, 9.17) is 9.52 Å². The summed E-state index contributed by atoms with van der Waals surface area (Å²) in [6.45, 7) is 4.93. The van der Waals surface area contributed by atoms with Crippen molar-refractivity contribution in [3.63, 3.8) is 0 Å². The van der Waals surface area contributed by atoms with Gasteiger partial charge in [-0.25, -0.2) is 0 Å². The number of para-hydroxylation sites is 1. The van der Waals surface area contributed by atoms with Crippen molar-refractivity contribution in [1.82, 2.24) is 5.32 Å². The van der Waals surface area contributed by atoms with Crippen LogP contribution in [-0.2, 0) is 11.3 Å². The normalized spacial score (nSPS) is 13.0. The van der Waals surface area contributed by atoms with Crippen molar-refractivity contribution >= 4 is 16.9 Å². The minimum Gasteiger partial charge on any atom is -0.481 e. The van der Waals surface area contributed by atoms with Crippen molar-refractivity contribution in [2.75, 3.05) is 6.54 Å². The molecule has 0 amide bonds. The Hall–Kier alpha value is -1.81. The molecule has 102 valence electrons. The van der Waals surface area contributed by atoms with Crippen LogP contribution in [-0.4, -0.2) is 17.6 Å². The first-order valence-electron chi connectivity index (χ1n) is 6.48. The zero-order chi connectivity index (χ0) is 13.8. The third-order valence-corrected chi connectivity index (χ3v) is 3.36. The van der Waals surface area contributed by atoms with Gasteiger partial charge in [0.05, 0.1) is 12.2 Å². The molecule has 0 aliphatic carbocycles. The highest BCUT2D eigenvalue weighted by Gasteiger charge is 2.20. The Kier molecular flexibility index (Phi) is 4.22. The highest BCUT2D eigenvalue weighted by atomic mass is 16.4. The predicted octanol–water partition coefficient (Wildman–Crippen LogP) is 2.88. The first-order valence-corrected chi connectivity index (χ1v) is 6.48. The Morgan fingerprint density at radius 1 is 1.37 bits per heavy atom. The molecule has 4 nitrogen and oxygen atoms in total. The van der Waals surface area contributed by atoms with E-state index < -0.39 is 5.97 Å². The number of fused-ring (bicyclic) bond motifs is 1. The van der Waals surface area contributed by atoms with Crippen molar-refractivity contribution in [2.24, 2.45) is 11.8 Å². The lowest BCUT2D eigenvalue weighted by Crippen LogP contribution is -2.31. The number of carbonyl (C=O) groups is 1. The molecule has 4 heteroatoms. The van der Waals surface area contributed by atoms with Crippen LogP contribution in [0.25, 0.3) is 11.0 Å². The Labute approximate surface area is 112 Å². The molecule has 0 radical (unpaired) electrons. The molecule has 2 rings (SSSR count). The largest absolute Gasteiger partial charge is 0.481 e. The van der Waals surface area contributed by atoms with Crippen molar-refractivity contribution < 1.29 is 14.3 Å². The molecule has 0 spiro atoms. The van der Waals surface area contributed by atoms with E-state index in [1.165, 1.54) is 0 Å². The SMILES string of the molecule is CC(C)C(CNCc1coc2ccccc12)C(=O)O. The molecule has 2 N–H and O–H groups in total. The lowest BCUT2D eigenvalue weighted by Gasteiger charge is -2.16. The Bertz CT molecular complexity index is 559. The van der Waals surface area contributed by atoms with Gasteiger partial charge in [0.25, 0.3) is 0 Å². The van der Waals surface area contributed by atoms with E-state index in [1.807, 2.05) is 38.1 Å². The fraction of sp³-hybridized carbons (Fsp3) is 0.400. The number of carboxylic acids is 1. The van der Waals surface area contributed by atoms with Gasteiger partial charge in [0.2, 0.25) is 0 Å². The van der Waals surface area contributed by atoms with E-state index >= 15 is 0 Å². The summed E-state index contributed by atoms with van der Waals surface area (Å²) in [6, 6.07) is 7.83. The summed E-state index contributed by atoms with van der Waals surface area (Å²) in [4.78, 5) is 11.1. The zero-order valence-corrected chi connectivity index (χ0v) is 11.2. The van der Waals surface area contributed by atoms with Crippen molar-refractivity contribution in [3.05, 3.63) is 36.1 Å². The standard InChI is InChI=1S/C15H19NO3/c1-10(2)13(15(17)18)8-16-7-11-9-19-14-6-4-3-5-12(11)14/h3-6,9-10,13,16H,7-8H2,1-2H3,(H,17,18). The summed E-state index contributed by atoms with van der Waals surface area (Å²) >= 11 is 0. The smallest absolute Gasteiger partial charge is 0.308 e. The van der Waals surface area contributed by atoms with Gasteiger partial charge in [-0.2, -0.15) is 0 Å². The van der Waals surface area contributed by atoms with Gasteiger partial charge in [0.1, 0.15) is 5.58 Å². The van der Waals surface area contributed by atoms with Crippen molar-refractivity contribution in [3.8, 4) is 0 Å². The van der Waals surface area contributed by atoms with E-state index in [9.17, 15) is 4.79 Å². The molecule has 1 aromatic heterocycles. The van der Waals surface area contributed by atoms with E-state index in [2.05, 4.69) is 5.32 Å². The molecule has 0 aliphatic rings. The van der Waals surface area contributed by atoms with E-state index in [1.54, 1.807) is 6.26 Å². The number of hydrogen-bond donors (Lipinski definition) is 2. The number of benzene rings is 1. The van der Waals surface area contributed by atoms with Gasteiger partial charge in [0.15, 0.2) is 0 Å². The van der Waals surface area contributed by atoms with Gasteiger partial charge >= 0.3 is 5.97 Å². The second-order valence-electron chi connectivity index (χ2n) is 5.08. The van der Waals surface area contributed by atoms with Crippen molar-refractivity contribution in [1.29, 1.82) is 0 Å². The molecule has 1 heterocycles. The van der Waals surface area contributed by atoms with Crippen LogP contribution in [0, 0.1) is 11.8 Å². The molecule has 0 aliphatic heterocycles. The van der Waals surface area contributed by atoms with Crippen LogP contribution in [0.5, 0.6) is 0 Å². The topological polar surface area (TPSA) is 62.5 Å². The van der Waals surface area contributed by atoms with Crippen LogP contribution in [0.15, 0.2) is 34.9 Å². The zero-order valence-electron chi connectivity index (χ0n) is 11.2. The van der Waals surface area contributed by atoms with Gasteiger partial charge < -0.3 is 14.8 Å². The fourth-order valence-corrected chi connectivity index (χ4v) is 2.14. The van der Waals surface area contributed by atoms with Gasteiger partial charge in [0, 0.05) is 24.0 Å². The van der Waals surface area contributed by atoms with Crippen LogP contribution in [0.1, 0.15) is 19.4 Å². The van der Waals surface area contributed by atoms with Gasteiger partial charge in [-0.3, -0.25) is 4.79 Å². The lowest BCUT2D eigenvalue weighted by atomic mass is 9.96. The second-order valence-corrected chi connectivity index (χ2v) is 5.08. The number of carboxylic acid groups (broad SMARTS) is 1. The van der Waals surface area contributed by atoms with Crippen LogP contribution in [0.3, 0.4) is 0 Å². The summed E-state index contributed by atoms with van der Waals surface area (Å²) in [5.74, 6) is -0.996. The highest BCUT2D eigenvalue weighted by molar-refractivity contribution is 5.80. The van der Waals surface area contributed by atoms with E-state index in [0.29, 0.717) is 13.1 Å². The third-order valence-electron chi connectivity index (χ3n) is 3.36. The number of aliphatic carboxylic acids is 1. The molecule has 19 heavy (non-hydrogen) atoms. The van der Waals surface area contributed by atoms with Gasteiger partial charge in [-0.05, 0) is 12.0 Å². The monoisotopic (exact) mass is 261 g/mol. The quantitative estimate of drug-likeness (QED) is 0.839. The molecule has 1 aromatic carbocycles. The molecule has 0 fully saturated rings. The number of rotatable bonds is 6. The molecule has 1 unspecified atom stereocenters. The lowest BCUT2D eigenvalue weighted by molar-refractivity contribution is -0.143. The second kappa shape index (κ2) is 5.89. The van der Waals surface area contributed by atoms with Crippen LogP contribution in [0.2, 0.25) is 0 Å². The molecule has 2 aromatic rings. The maximum atomic E-state index is 11.1. The van der Waals surface area contributed by atoms with Gasteiger partial charge in [-0.1, -0.05) is 32.0 Å². The number of hydrogen-bond acceptors (Lipinski definition) is 3. The molecular formula is C15H19NO3. The Morgan fingerprint density at radius 3 is 2.79 bits per heavy atom. The fourth-order valence-electron chi connectivity index (χ4n) is 2.14. The van der Waals surface area contributed by atoms with E-state index in [-0.39, 0.29) is 11.8 Å².